The van der Waals surface area contributed by atoms with E-state index in [1.165, 1.54) is 19.3 Å². The van der Waals surface area contributed by atoms with Crippen LogP contribution in [0.1, 0.15) is 32.1 Å². The Bertz CT molecular complexity index is 573. The first-order valence-corrected chi connectivity index (χ1v) is 12.7. The van der Waals surface area contributed by atoms with E-state index in [2.05, 4.69) is 35.6 Å². The molecule has 0 aliphatic heterocycles. The van der Waals surface area contributed by atoms with Gasteiger partial charge in [0.1, 0.15) is 5.75 Å². The minimum atomic E-state index is -1.67. The van der Waals surface area contributed by atoms with E-state index in [9.17, 15) is 4.79 Å². The molecule has 1 spiro atoms. The number of esters is 1. The van der Waals surface area contributed by atoms with Crippen LogP contribution in [0.15, 0.2) is 28.7 Å². The lowest BCUT2D eigenvalue weighted by Crippen LogP contribution is -2.29. The van der Waals surface area contributed by atoms with E-state index < -0.39 is 8.32 Å². The molecular weight excluding hydrogens is 372 g/mol. The normalized spacial score (nSPS) is 26.1. The van der Waals surface area contributed by atoms with E-state index in [4.69, 9.17) is 9.16 Å². The van der Waals surface area contributed by atoms with Gasteiger partial charge in [-0.15, -0.1) is 0 Å². The van der Waals surface area contributed by atoms with Crippen molar-refractivity contribution in [2.75, 3.05) is 0 Å². The lowest BCUT2D eigenvalue weighted by Gasteiger charge is -2.25. The standard InChI is InChI=1S/C18H25BrO3Si/c1-23(2,3)22-16-15(18(16)11-5-4-6-12-18)17(20)21-14-9-7-13(19)8-10-14/h7-10,15-16H,4-6,11-12H2,1-3H3/t15-,16+/m0/s1. The summed E-state index contributed by atoms with van der Waals surface area (Å²) in [6, 6.07) is 7.43. The van der Waals surface area contributed by atoms with Gasteiger partial charge in [-0.3, -0.25) is 4.79 Å². The van der Waals surface area contributed by atoms with Crippen LogP contribution < -0.4 is 4.74 Å². The molecule has 0 aromatic heterocycles. The number of hydrogen-bond donors (Lipinski definition) is 0. The van der Waals surface area contributed by atoms with Gasteiger partial charge in [0.15, 0.2) is 8.32 Å². The molecule has 1 aromatic carbocycles. The van der Waals surface area contributed by atoms with Gasteiger partial charge < -0.3 is 9.16 Å². The van der Waals surface area contributed by atoms with Crippen LogP contribution in [0.5, 0.6) is 5.75 Å². The number of carbonyl (C=O) groups excluding carboxylic acids is 1. The molecule has 0 saturated heterocycles. The molecule has 3 rings (SSSR count). The second-order valence-electron chi connectivity index (χ2n) is 7.80. The van der Waals surface area contributed by atoms with Crippen LogP contribution in [0.2, 0.25) is 19.6 Å². The van der Waals surface area contributed by atoms with Gasteiger partial charge in [0.2, 0.25) is 0 Å². The number of hydrogen-bond acceptors (Lipinski definition) is 3. The highest BCUT2D eigenvalue weighted by Gasteiger charge is 2.69. The number of benzene rings is 1. The Balaban J connectivity index is 1.73. The van der Waals surface area contributed by atoms with Crippen molar-refractivity contribution in [3.8, 4) is 5.75 Å². The fraction of sp³-hybridized carbons (Fsp3) is 0.611. The second kappa shape index (κ2) is 6.34. The highest BCUT2D eigenvalue weighted by molar-refractivity contribution is 9.10. The molecule has 0 radical (unpaired) electrons. The van der Waals surface area contributed by atoms with Crippen LogP contribution in [0, 0.1) is 11.3 Å². The van der Waals surface area contributed by atoms with Gasteiger partial charge in [-0.05, 0) is 56.7 Å². The van der Waals surface area contributed by atoms with Gasteiger partial charge in [0.25, 0.3) is 0 Å². The fourth-order valence-electron chi connectivity index (χ4n) is 3.87. The van der Waals surface area contributed by atoms with E-state index in [-0.39, 0.29) is 23.4 Å². The van der Waals surface area contributed by atoms with Gasteiger partial charge in [-0.25, -0.2) is 0 Å². The van der Waals surface area contributed by atoms with Crippen LogP contribution in [-0.2, 0) is 9.22 Å². The molecule has 1 aromatic rings. The quantitative estimate of drug-likeness (QED) is 0.400. The molecule has 0 bridgehead atoms. The largest absolute Gasteiger partial charge is 0.426 e. The molecule has 23 heavy (non-hydrogen) atoms. The summed E-state index contributed by atoms with van der Waals surface area (Å²) in [5.74, 6) is 0.415. The summed E-state index contributed by atoms with van der Waals surface area (Å²) in [5.41, 5.74) is 0.0466. The maximum absolute atomic E-state index is 12.7. The van der Waals surface area contributed by atoms with Crippen LogP contribution >= 0.6 is 15.9 Å². The molecular formula is C18H25BrO3Si. The van der Waals surface area contributed by atoms with Crippen molar-refractivity contribution in [3.05, 3.63) is 28.7 Å². The van der Waals surface area contributed by atoms with Crippen molar-refractivity contribution in [2.24, 2.45) is 11.3 Å². The minimum absolute atomic E-state index is 0.0466. The highest BCUT2D eigenvalue weighted by atomic mass is 79.9. The Labute approximate surface area is 148 Å². The van der Waals surface area contributed by atoms with Gasteiger partial charge in [-0.2, -0.15) is 0 Å². The first-order valence-electron chi connectivity index (χ1n) is 8.47. The average molecular weight is 397 g/mol. The van der Waals surface area contributed by atoms with Crippen molar-refractivity contribution in [1.82, 2.24) is 0 Å². The molecule has 2 fully saturated rings. The summed E-state index contributed by atoms with van der Waals surface area (Å²) in [7, 11) is -1.67. The first kappa shape index (κ1) is 17.2. The summed E-state index contributed by atoms with van der Waals surface area (Å²) in [6.07, 6.45) is 5.94. The highest BCUT2D eigenvalue weighted by Crippen LogP contribution is 2.64. The van der Waals surface area contributed by atoms with Gasteiger partial charge in [0.05, 0.1) is 12.0 Å². The van der Waals surface area contributed by atoms with Crippen molar-refractivity contribution in [1.29, 1.82) is 0 Å². The predicted molar refractivity (Wildman–Crippen MR) is 97.0 cm³/mol. The lowest BCUT2D eigenvalue weighted by molar-refractivity contribution is -0.137. The van der Waals surface area contributed by atoms with E-state index in [1.807, 2.05) is 24.3 Å². The number of halogens is 1. The zero-order valence-electron chi connectivity index (χ0n) is 14.1. The summed E-state index contributed by atoms with van der Waals surface area (Å²) in [4.78, 5) is 12.7. The van der Waals surface area contributed by atoms with Gasteiger partial charge in [0, 0.05) is 9.89 Å². The van der Waals surface area contributed by atoms with E-state index in [0.717, 1.165) is 17.3 Å². The molecule has 126 valence electrons. The Kier molecular flexibility index (Phi) is 4.73. The van der Waals surface area contributed by atoms with Crippen LogP contribution in [-0.4, -0.2) is 20.4 Å². The Morgan fingerprint density at radius 3 is 2.30 bits per heavy atom. The zero-order chi connectivity index (χ0) is 16.7. The van der Waals surface area contributed by atoms with Crippen LogP contribution in [0.4, 0.5) is 0 Å². The van der Waals surface area contributed by atoms with E-state index >= 15 is 0 Å². The lowest BCUT2D eigenvalue weighted by atomic mass is 9.84. The summed E-state index contributed by atoms with van der Waals surface area (Å²) in [5, 5.41) is 0. The third-order valence-electron chi connectivity index (χ3n) is 4.93. The number of rotatable bonds is 4. The van der Waals surface area contributed by atoms with Crippen molar-refractivity contribution >= 4 is 30.2 Å². The second-order valence-corrected chi connectivity index (χ2v) is 13.2. The van der Waals surface area contributed by atoms with Crippen molar-refractivity contribution in [2.45, 2.75) is 57.8 Å². The predicted octanol–water partition coefficient (Wildman–Crippen LogP) is 5.15. The molecule has 2 aliphatic carbocycles. The molecule has 2 saturated carbocycles. The maximum Gasteiger partial charge on any atom is 0.317 e. The van der Waals surface area contributed by atoms with Gasteiger partial charge >= 0.3 is 5.97 Å². The average Bonchev–Trinajstić information content (AvgIpc) is 3.05. The SMILES string of the molecule is C[Si](C)(C)O[C@@H]1[C@@H](C(=O)Oc2ccc(Br)cc2)C12CCCCC2. The number of ether oxygens (including phenoxy) is 1. The third kappa shape index (κ3) is 3.72. The van der Waals surface area contributed by atoms with Crippen LogP contribution in [0.25, 0.3) is 0 Å². The van der Waals surface area contributed by atoms with Crippen molar-refractivity contribution in [3.63, 3.8) is 0 Å². The Morgan fingerprint density at radius 2 is 1.74 bits per heavy atom. The zero-order valence-corrected chi connectivity index (χ0v) is 16.7. The molecule has 0 amide bonds. The Hall–Kier alpha value is -0.653. The van der Waals surface area contributed by atoms with Crippen molar-refractivity contribution < 1.29 is 14.0 Å². The smallest absolute Gasteiger partial charge is 0.317 e. The first-order chi connectivity index (χ1) is 10.8. The fourth-order valence-corrected chi connectivity index (χ4v) is 5.26. The van der Waals surface area contributed by atoms with E-state index in [0.29, 0.717) is 5.75 Å². The molecule has 0 unspecified atom stereocenters. The molecule has 2 aliphatic rings. The molecule has 2 atom stereocenters. The maximum atomic E-state index is 12.7. The molecule has 0 heterocycles. The molecule has 0 N–H and O–H groups in total. The summed E-state index contributed by atoms with van der Waals surface area (Å²) in [6.45, 7) is 6.58. The molecule has 3 nitrogen and oxygen atoms in total. The summed E-state index contributed by atoms with van der Waals surface area (Å²) >= 11 is 3.40. The van der Waals surface area contributed by atoms with E-state index in [1.54, 1.807) is 0 Å². The Morgan fingerprint density at radius 1 is 1.13 bits per heavy atom. The third-order valence-corrected chi connectivity index (χ3v) is 6.42. The monoisotopic (exact) mass is 396 g/mol. The number of carbonyl (C=O) groups is 1. The van der Waals surface area contributed by atoms with Crippen LogP contribution in [0.3, 0.4) is 0 Å². The topological polar surface area (TPSA) is 35.5 Å². The minimum Gasteiger partial charge on any atom is -0.426 e. The van der Waals surface area contributed by atoms with Gasteiger partial charge in [-0.1, -0.05) is 35.2 Å². The summed E-state index contributed by atoms with van der Waals surface area (Å²) < 4.78 is 13.0. The molecule has 5 heteroatoms.